The predicted molar refractivity (Wildman–Crippen MR) is 114 cm³/mol. The molecule has 6 heteroatoms. The predicted octanol–water partition coefficient (Wildman–Crippen LogP) is 3.86. The van der Waals surface area contributed by atoms with Crippen molar-refractivity contribution in [1.82, 2.24) is 10.2 Å². The number of imide groups is 1. The van der Waals surface area contributed by atoms with Gasteiger partial charge in [-0.15, -0.1) is 0 Å². The van der Waals surface area contributed by atoms with Gasteiger partial charge in [-0.3, -0.25) is 19.3 Å². The van der Waals surface area contributed by atoms with E-state index in [9.17, 15) is 14.4 Å². The molecule has 1 atom stereocenters. The van der Waals surface area contributed by atoms with E-state index in [2.05, 4.69) is 5.32 Å². The van der Waals surface area contributed by atoms with Gasteiger partial charge in [0.05, 0.1) is 11.1 Å². The molecule has 4 rings (SSSR count). The lowest BCUT2D eigenvalue weighted by atomic mass is 10.0. The van der Waals surface area contributed by atoms with Gasteiger partial charge in [0, 0.05) is 18.0 Å². The second-order valence-electron chi connectivity index (χ2n) is 7.04. The Morgan fingerprint density at radius 1 is 0.833 bits per heavy atom. The van der Waals surface area contributed by atoms with Crippen LogP contribution in [0.4, 0.5) is 0 Å². The summed E-state index contributed by atoms with van der Waals surface area (Å²) in [6.07, 6.45) is 0.223. The Hall–Kier alpha value is -3.44. The number of fused-ring (bicyclic) bond motifs is 1. The van der Waals surface area contributed by atoms with Crippen LogP contribution >= 0.6 is 11.6 Å². The summed E-state index contributed by atoms with van der Waals surface area (Å²) in [7, 11) is 0. The molecule has 150 valence electrons. The summed E-state index contributed by atoms with van der Waals surface area (Å²) in [6, 6.07) is 22.2. The van der Waals surface area contributed by atoms with Crippen LogP contribution in [0.25, 0.3) is 0 Å². The molecular formula is C24H19ClN2O3. The molecule has 3 aromatic carbocycles. The van der Waals surface area contributed by atoms with Crippen LogP contribution in [0, 0.1) is 0 Å². The van der Waals surface area contributed by atoms with Crippen molar-refractivity contribution in [3.63, 3.8) is 0 Å². The number of rotatable bonds is 6. The molecule has 5 nitrogen and oxygen atoms in total. The van der Waals surface area contributed by atoms with Gasteiger partial charge in [-0.2, -0.15) is 0 Å². The number of amides is 3. The zero-order valence-electron chi connectivity index (χ0n) is 16.0. The van der Waals surface area contributed by atoms with Crippen molar-refractivity contribution in [2.24, 2.45) is 0 Å². The first kappa shape index (κ1) is 19.9. The Bertz CT molecular complexity index is 1080. The number of nitrogens with zero attached hydrogens (tertiary/aromatic N) is 1. The highest BCUT2D eigenvalue weighted by atomic mass is 35.5. The second kappa shape index (κ2) is 8.51. The van der Waals surface area contributed by atoms with E-state index in [1.54, 1.807) is 30.3 Å². The van der Waals surface area contributed by atoms with Crippen molar-refractivity contribution in [3.8, 4) is 0 Å². The largest absolute Gasteiger partial charge is 0.350 e. The first-order valence-electron chi connectivity index (χ1n) is 9.58. The van der Waals surface area contributed by atoms with E-state index in [1.165, 1.54) is 0 Å². The number of nitrogens with one attached hydrogen (secondary N) is 1. The fourth-order valence-corrected chi connectivity index (χ4v) is 3.77. The van der Waals surface area contributed by atoms with Gasteiger partial charge in [0.1, 0.15) is 6.04 Å². The molecule has 1 heterocycles. The highest BCUT2D eigenvalue weighted by Gasteiger charge is 2.42. The number of halogens is 1. The summed E-state index contributed by atoms with van der Waals surface area (Å²) in [6.45, 7) is 0.201. The van der Waals surface area contributed by atoms with Crippen molar-refractivity contribution >= 4 is 29.3 Å². The van der Waals surface area contributed by atoms with Crippen LogP contribution in [0.1, 0.15) is 31.8 Å². The van der Waals surface area contributed by atoms with E-state index >= 15 is 0 Å². The summed E-state index contributed by atoms with van der Waals surface area (Å²) in [5, 5.41) is 3.38. The Morgan fingerprint density at radius 2 is 1.40 bits per heavy atom. The van der Waals surface area contributed by atoms with Gasteiger partial charge in [0.15, 0.2) is 0 Å². The van der Waals surface area contributed by atoms with Crippen molar-refractivity contribution in [2.75, 3.05) is 0 Å². The summed E-state index contributed by atoms with van der Waals surface area (Å²) in [4.78, 5) is 40.2. The molecule has 0 aromatic heterocycles. The minimum Gasteiger partial charge on any atom is -0.350 e. The van der Waals surface area contributed by atoms with Crippen LogP contribution < -0.4 is 5.32 Å². The maximum absolute atomic E-state index is 13.2. The molecular weight excluding hydrogens is 400 g/mol. The van der Waals surface area contributed by atoms with Crippen LogP contribution in [0.3, 0.4) is 0 Å². The summed E-state index contributed by atoms with van der Waals surface area (Å²) in [5.41, 5.74) is 2.25. The van der Waals surface area contributed by atoms with E-state index in [1.807, 2.05) is 48.5 Å². The lowest BCUT2D eigenvalue weighted by Gasteiger charge is -2.25. The topological polar surface area (TPSA) is 66.5 Å². The maximum Gasteiger partial charge on any atom is 0.262 e. The highest BCUT2D eigenvalue weighted by Crippen LogP contribution is 2.26. The monoisotopic (exact) mass is 418 g/mol. The van der Waals surface area contributed by atoms with E-state index in [0.717, 1.165) is 16.0 Å². The standard InChI is InChI=1S/C24H19ClN2O3/c25-20-13-7-4-10-17(20)15-26-22(28)21(14-16-8-2-1-3-9-16)27-23(29)18-11-5-6-12-19(18)24(27)30/h1-13,21H,14-15H2,(H,26,28)/t21-/m1/s1. The van der Waals surface area contributed by atoms with Crippen LogP contribution in [0.5, 0.6) is 0 Å². The van der Waals surface area contributed by atoms with Crippen LogP contribution in [-0.2, 0) is 17.8 Å². The number of hydrogen-bond acceptors (Lipinski definition) is 3. The Kier molecular flexibility index (Phi) is 5.63. The maximum atomic E-state index is 13.2. The molecule has 0 spiro atoms. The molecule has 0 saturated carbocycles. The fraction of sp³-hybridized carbons (Fsp3) is 0.125. The summed E-state index contributed by atoms with van der Waals surface area (Å²) < 4.78 is 0. The molecule has 0 bridgehead atoms. The van der Waals surface area contributed by atoms with E-state index in [-0.39, 0.29) is 13.0 Å². The molecule has 1 aliphatic rings. The molecule has 0 aliphatic carbocycles. The van der Waals surface area contributed by atoms with E-state index < -0.39 is 23.8 Å². The van der Waals surface area contributed by atoms with Crippen LogP contribution in [0.2, 0.25) is 5.02 Å². The third kappa shape index (κ3) is 3.84. The molecule has 0 fully saturated rings. The van der Waals surface area contributed by atoms with Crippen molar-refractivity contribution in [3.05, 3.63) is 106 Å². The van der Waals surface area contributed by atoms with Gasteiger partial charge >= 0.3 is 0 Å². The number of hydrogen-bond donors (Lipinski definition) is 1. The first-order valence-corrected chi connectivity index (χ1v) is 9.96. The molecule has 0 radical (unpaired) electrons. The van der Waals surface area contributed by atoms with Gasteiger partial charge in [0.25, 0.3) is 11.8 Å². The Balaban J connectivity index is 1.62. The lowest BCUT2D eigenvalue weighted by molar-refractivity contribution is -0.125. The minimum atomic E-state index is -0.970. The SMILES string of the molecule is O=C(NCc1ccccc1Cl)[C@@H](Cc1ccccc1)N1C(=O)c2ccccc2C1=O. The third-order valence-corrected chi connectivity index (χ3v) is 5.49. The van der Waals surface area contributed by atoms with Crippen LogP contribution in [-0.4, -0.2) is 28.7 Å². The first-order chi connectivity index (χ1) is 14.6. The van der Waals surface area contributed by atoms with E-state index in [4.69, 9.17) is 11.6 Å². The molecule has 3 aromatic rings. The number of benzene rings is 3. The molecule has 1 aliphatic heterocycles. The van der Waals surface area contributed by atoms with Gasteiger partial charge in [-0.05, 0) is 29.3 Å². The summed E-state index contributed by atoms with van der Waals surface area (Å²) in [5.74, 6) is -1.32. The summed E-state index contributed by atoms with van der Waals surface area (Å²) >= 11 is 6.18. The van der Waals surface area contributed by atoms with Crippen molar-refractivity contribution in [1.29, 1.82) is 0 Å². The fourth-order valence-electron chi connectivity index (χ4n) is 3.57. The van der Waals surface area contributed by atoms with Gasteiger partial charge in [-0.1, -0.05) is 72.3 Å². The van der Waals surface area contributed by atoms with Crippen LogP contribution in [0.15, 0.2) is 78.9 Å². The van der Waals surface area contributed by atoms with E-state index in [0.29, 0.717) is 16.1 Å². The number of carbonyl (C=O) groups is 3. The molecule has 1 N–H and O–H groups in total. The minimum absolute atomic E-state index is 0.201. The average Bonchev–Trinajstić information content (AvgIpc) is 3.02. The molecule has 0 saturated heterocycles. The lowest BCUT2D eigenvalue weighted by Crippen LogP contribution is -2.50. The van der Waals surface area contributed by atoms with Crippen molar-refractivity contribution < 1.29 is 14.4 Å². The Labute approximate surface area is 179 Å². The van der Waals surface area contributed by atoms with Gasteiger partial charge in [0.2, 0.25) is 5.91 Å². The molecule has 0 unspecified atom stereocenters. The smallest absolute Gasteiger partial charge is 0.262 e. The zero-order valence-corrected chi connectivity index (χ0v) is 16.8. The van der Waals surface area contributed by atoms with Gasteiger partial charge in [-0.25, -0.2) is 0 Å². The highest BCUT2D eigenvalue weighted by molar-refractivity contribution is 6.31. The normalized spacial score (nSPS) is 13.8. The molecule has 3 amide bonds. The van der Waals surface area contributed by atoms with Gasteiger partial charge < -0.3 is 5.32 Å². The third-order valence-electron chi connectivity index (χ3n) is 5.12. The second-order valence-corrected chi connectivity index (χ2v) is 7.45. The quantitative estimate of drug-likeness (QED) is 0.618. The number of carbonyl (C=O) groups excluding carboxylic acids is 3. The average molecular weight is 419 g/mol. The molecule has 30 heavy (non-hydrogen) atoms. The van der Waals surface area contributed by atoms with Crippen molar-refractivity contribution in [2.45, 2.75) is 19.0 Å². The zero-order chi connectivity index (χ0) is 21.1. The Morgan fingerprint density at radius 3 is 2.03 bits per heavy atom.